The van der Waals surface area contributed by atoms with Gasteiger partial charge in [-0.15, -0.1) is 24.0 Å². The zero-order valence-electron chi connectivity index (χ0n) is 16.7. The number of hydrogen-bond acceptors (Lipinski definition) is 4. The van der Waals surface area contributed by atoms with Gasteiger partial charge in [-0.25, -0.2) is 0 Å². The number of benzene rings is 2. The monoisotopic (exact) mass is 566 g/mol. The van der Waals surface area contributed by atoms with E-state index in [1.807, 2.05) is 26.0 Å². The van der Waals surface area contributed by atoms with Gasteiger partial charge < -0.3 is 25.8 Å². The average Bonchev–Trinajstić information content (AvgIpc) is 2.69. The highest BCUT2D eigenvalue weighted by molar-refractivity contribution is 14.0. The van der Waals surface area contributed by atoms with Gasteiger partial charge in [0.2, 0.25) is 0 Å². The molecule has 0 aliphatic rings. The smallest absolute Gasteiger partial charge is 0.251 e. The van der Waals surface area contributed by atoms with E-state index in [2.05, 4.69) is 15.6 Å². The van der Waals surface area contributed by atoms with Crippen LogP contribution in [-0.2, 0) is 0 Å². The predicted octanol–water partition coefficient (Wildman–Crippen LogP) is 4.57. The van der Waals surface area contributed by atoms with Gasteiger partial charge in [0, 0.05) is 18.2 Å². The first-order valence-electron chi connectivity index (χ1n) is 9.14. The molecule has 4 N–H and O–H groups in total. The topological polar surface area (TPSA) is 98.0 Å². The van der Waals surface area contributed by atoms with Gasteiger partial charge in [0.15, 0.2) is 5.96 Å². The Kier molecular flexibility index (Phi) is 11.7. The van der Waals surface area contributed by atoms with Crippen LogP contribution in [0.15, 0.2) is 41.4 Å². The van der Waals surface area contributed by atoms with Crippen molar-refractivity contribution in [3.63, 3.8) is 0 Å². The van der Waals surface area contributed by atoms with Crippen molar-refractivity contribution < 1.29 is 14.3 Å². The van der Waals surface area contributed by atoms with E-state index in [4.69, 9.17) is 38.4 Å². The molecule has 1 amide bonds. The second kappa shape index (κ2) is 13.4. The van der Waals surface area contributed by atoms with Crippen molar-refractivity contribution in [1.82, 2.24) is 5.32 Å². The summed E-state index contributed by atoms with van der Waals surface area (Å²) in [7, 11) is 0. The van der Waals surface area contributed by atoms with Gasteiger partial charge in [-0.2, -0.15) is 0 Å². The largest absolute Gasteiger partial charge is 0.494 e. The van der Waals surface area contributed by atoms with Crippen LogP contribution < -0.4 is 25.8 Å². The summed E-state index contributed by atoms with van der Waals surface area (Å²) in [6, 6.07) is 10.1. The van der Waals surface area contributed by atoms with Crippen LogP contribution in [-0.4, -0.2) is 38.2 Å². The highest BCUT2D eigenvalue weighted by atomic mass is 127. The number of carbonyl (C=O) groups is 1. The van der Waals surface area contributed by atoms with E-state index < -0.39 is 0 Å². The van der Waals surface area contributed by atoms with Crippen molar-refractivity contribution in [2.75, 3.05) is 31.6 Å². The molecule has 0 radical (unpaired) electrons. The van der Waals surface area contributed by atoms with Crippen molar-refractivity contribution in [2.24, 2.45) is 10.7 Å². The standard InChI is InChI=1S/C20H24Cl2N4O3.HI/c1-3-28-14-6-8-18(29-4-2)17(12-14)26-20(23)25-10-9-24-19(27)13-5-7-15(21)16(22)11-13;/h5-8,11-12H,3-4,9-10H2,1-2H3,(H,24,27)(H3,23,25,26);1H. The van der Waals surface area contributed by atoms with Gasteiger partial charge in [-0.05, 0) is 44.2 Å². The van der Waals surface area contributed by atoms with E-state index in [0.29, 0.717) is 59.1 Å². The molecule has 0 spiro atoms. The number of ether oxygens (including phenoxy) is 2. The Morgan fingerprint density at radius 2 is 1.80 bits per heavy atom. The summed E-state index contributed by atoms with van der Waals surface area (Å²) in [5, 5.41) is 6.47. The maximum Gasteiger partial charge on any atom is 0.251 e. The van der Waals surface area contributed by atoms with Gasteiger partial charge in [-0.3, -0.25) is 9.79 Å². The molecule has 0 fully saturated rings. The molecule has 2 aromatic rings. The Bertz CT molecular complexity index is 881. The lowest BCUT2D eigenvalue weighted by Gasteiger charge is -2.14. The third kappa shape index (κ3) is 8.08. The minimum atomic E-state index is -0.270. The molecule has 0 saturated carbocycles. The molecule has 0 unspecified atom stereocenters. The average molecular weight is 567 g/mol. The molecular weight excluding hydrogens is 542 g/mol. The third-order valence-corrected chi connectivity index (χ3v) is 4.42. The minimum absolute atomic E-state index is 0. The first-order chi connectivity index (χ1) is 13.9. The molecule has 0 atom stereocenters. The van der Waals surface area contributed by atoms with Crippen molar-refractivity contribution in [1.29, 1.82) is 0 Å². The number of nitrogens with one attached hydrogen (secondary N) is 2. The molecule has 0 heterocycles. The van der Waals surface area contributed by atoms with Crippen LogP contribution in [0, 0.1) is 0 Å². The fraction of sp³-hybridized carbons (Fsp3) is 0.300. The van der Waals surface area contributed by atoms with Crippen LogP contribution in [0.25, 0.3) is 0 Å². The summed E-state index contributed by atoms with van der Waals surface area (Å²) >= 11 is 11.8. The normalized spacial score (nSPS) is 10.7. The number of aliphatic imine (C=N–C) groups is 1. The van der Waals surface area contributed by atoms with Gasteiger partial charge in [0.1, 0.15) is 11.5 Å². The van der Waals surface area contributed by atoms with Gasteiger partial charge in [-0.1, -0.05) is 23.2 Å². The highest BCUT2D eigenvalue weighted by Crippen LogP contribution is 2.29. The lowest BCUT2D eigenvalue weighted by molar-refractivity contribution is 0.0955. The number of nitrogens with two attached hydrogens (primary N) is 1. The molecular formula is C20H25Cl2IN4O3. The van der Waals surface area contributed by atoms with E-state index in [9.17, 15) is 4.79 Å². The molecule has 164 valence electrons. The zero-order chi connectivity index (χ0) is 21.2. The maximum atomic E-state index is 12.1. The first kappa shape index (κ1) is 26.1. The third-order valence-electron chi connectivity index (χ3n) is 3.69. The molecule has 0 aliphatic heterocycles. The molecule has 2 aromatic carbocycles. The Morgan fingerprint density at radius 1 is 1.07 bits per heavy atom. The summed E-state index contributed by atoms with van der Waals surface area (Å²) < 4.78 is 11.1. The maximum absolute atomic E-state index is 12.1. The van der Waals surface area contributed by atoms with Crippen molar-refractivity contribution in [3.05, 3.63) is 52.0 Å². The quantitative estimate of drug-likeness (QED) is 0.179. The Morgan fingerprint density at radius 3 is 2.47 bits per heavy atom. The number of guanidine groups is 1. The van der Waals surface area contributed by atoms with Gasteiger partial charge in [0.05, 0.1) is 35.5 Å². The fourth-order valence-electron chi connectivity index (χ4n) is 2.41. The number of amides is 1. The molecule has 10 heteroatoms. The van der Waals surface area contributed by atoms with Crippen molar-refractivity contribution in [3.8, 4) is 11.5 Å². The first-order valence-corrected chi connectivity index (χ1v) is 9.90. The van der Waals surface area contributed by atoms with E-state index in [1.165, 1.54) is 6.07 Å². The number of rotatable bonds is 9. The minimum Gasteiger partial charge on any atom is -0.494 e. The Labute approximate surface area is 203 Å². The van der Waals surface area contributed by atoms with E-state index >= 15 is 0 Å². The second-order valence-electron chi connectivity index (χ2n) is 5.80. The lowest BCUT2D eigenvalue weighted by atomic mass is 10.2. The van der Waals surface area contributed by atoms with Crippen LogP contribution in [0.4, 0.5) is 5.69 Å². The zero-order valence-corrected chi connectivity index (χ0v) is 20.5. The van der Waals surface area contributed by atoms with E-state index in [1.54, 1.807) is 18.2 Å². The summed E-state index contributed by atoms with van der Waals surface area (Å²) in [5.74, 6) is 1.26. The molecule has 0 aliphatic carbocycles. The Hall–Kier alpha value is -1.91. The number of halogens is 3. The molecule has 2 rings (SSSR count). The summed E-state index contributed by atoms with van der Waals surface area (Å²) in [6.07, 6.45) is 0. The van der Waals surface area contributed by atoms with Gasteiger partial charge in [0.25, 0.3) is 5.91 Å². The second-order valence-corrected chi connectivity index (χ2v) is 6.62. The van der Waals surface area contributed by atoms with E-state index in [-0.39, 0.29) is 35.8 Å². The van der Waals surface area contributed by atoms with Crippen LogP contribution in [0.2, 0.25) is 10.0 Å². The predicted molar refractivity (Wildman–Crippen MR) is 133 cm³/mol. The summed E-state index contributed by atoms with van der Waals surface area (Å²) in [6.45, 7) is 5.47. The lowest BCUT2D eigenvalue weighted by Crippen LogP contribution is -2.28. The molecule has 30 heavy (non-hydrogen) atoms. The van der Waals surface area contributed by atoms with Crippen LogP contribution in [0.1, 0.15) is 24.2 Å². The molecule has 7 nitrogen and oxygen atoms in total. The van der Waals surface area contributed by atoms with Crippen molar-refractivity contribution >= 4 is 64.7 Å². The molecule has 0 aromatic heterocycles. The highest BCUT2D eigenvalue weighted by Gasteiger charge is 2.09. The number of carbonyl (C=O) groups excluding carboxylic acids is 1. The number of anilines is 1. The fourth-order valence-corrected chi connectivity index (χ4v) is 2.71. The number of nitrogens with zero attached hydrogens (tertiary/aromatic N) is 1. The SMILES string of the molecule is CCOc1ccc(OCC)c(NC(N)=NCCNC(=O)c2ccc(Cl)c(Cl)c2)c1.I. The van der Waals surface area contributed by atoms with E-state index in [0.717, 1.165) is 0 Å². The summed E-state index contributed by atoms with van der Waals surface area (Å²) in [5.41, 5.74) is 7.03. The summed E-state index contributed by atoms with van der Waals surface area (Å²) in [4.78, 5) is 16.3. The van der Waals surface area contributed by atoms with Gasteiger partial charge >= 0.3 is 0 Å². The van der Waals surface area contributed by atoms with Crippen molar-refractivity contribution in [2.45, 2.75) is 13.8 Å². The number of hydrogen-bond donors (Lipinski definition) is 3. The van der Waals surface area contributed by atoms with Crippen LogP contribution >= 0.6 is 47.2 Å². The Balaban J connectivity index is 0.00000450. The van der Waals surface area contributed by atoms with Crippen LogP contribution in [0.5, 0.6) is 11.5 Å². The molecule has 0 saturated heterocycles. The van der Waals surface area contributed by atoms with Crippen LogP contribution in [0.3, 0.4) is 0 Å². The molecule has 0 bridgehead atoms.